The lowest BCUT2D eigenvalue weighted by molar-refractivity contribution is 0.259. The second-order valence-corrected chi connectivity index (χ2v) is 4.87. The number of ether oxygens (including phenoxy) is 1. The minimum atomic E-state index is 0.0599. The number of benzene rings is 2. The highest BCUT2D eigenvalue weighted by molar-refractivity contribution is 5.77. The molecule has 0 spiro atoms. The van der Waals surface area contributed by atoms with Gasteiger partial charge in [-0.15, -0.1) is 0 Å². The van der Waals surface area contributed by atoms with E-state index in [1.165, 1.54) is 0 Å². The molecule has 2 rings (SSSR count). The number of para-hydroxylation sites is 2. The van der Waals surface area contributed by atoms with E-state index < -0.39 is 0 Å². The van der Waals surface area contributed by atoms with Crippen molar-refractivity contribution in [3.8, 4) is 28.4 Å². The third kappa shape index (κ3) is 2.99. The van der Waals surface area contributed by atoms with Crippen LogP contribution in [-0.2, 0) is 0 Å². The number of rotatable bonds is 4. The number of aromatic hydroxyl groups is 2. The first-order valence-electron chi connectivity index (χ1n) is 6.32. The van der Waals surface area contributed by atoms with Gasteiger partial charge in [0.25, 0.3) is 0 Å². The molecule has 0 fully saturated rings. The van der Waals surface area contributed by atoms with Crippen LogP contribution >= 0.6 is 0 Å². The summed E-state index contributed by atoms with van der Waals surface area (Å²) in [5.41, 5.74) is 1.16. The molecule has 0 aliphatic rings. The van der Waals surface area contributed by atoms with Gasteiger partial charge in [0.1, 0.15) is 5.75 Å². The molecule has 0 amide bonds. The van der Waals surface area contributed by atoms with Crippen LogP contribution < -0.4 is 4.74 Å². The highest BCUT2D eigenvalue weighted by atomic mass is 16.5. The molecular formula is C16H18O3. The second kappa shape index (κ2) is 5.65. The maximum Gasteiger partial charge on any atom is 0.165 e. The molecular weight excluding hydrogens is 240 g/mol. The maximum atomic E-state index is 10.2. The van der Waals surface area contributed by atoms with Gasteiger partial charge in [-0.25, -0.2) is 0 Å². The van der Waals surface area contributed by atoms with Gasteiger partial charge in [-0.3, -0.25) is 0 Å². The van der Waals surface area contributed by atoms with Crippen molar-refractivity contribution >= 4 is 0 Å². The zero-order chi connectivity index (χ0) is 13.8. The second-order valence-electron chi connectivity index (χ2n) is 4.87. The SMILES string of the molecule is CC(C)COc1cccc(-c2ccccc2O)c1O. The molecule has 3 heteroatoms. The fourth-order valence-corrected chi connectivity index (χ4v) is 1.81. The van der Waals surface area contributed by atoms with Gasteiger partial charge in [-0.1, -0.05) is 44.2 Å². The number of phenolic OH excluding ortho intramolecular Hbond substituents is 2. The van der Waals surface area contributed by atoms with E-state index in [-0.39, 0.29) is 11.5 Å². The van der Waals surface area contributed by atoms with Crippen LogP contribution in [0.4, 0.5) is 0 Å². The molecule has 100 valence electrons. The van der Waals surface area contributed by atoms with Crippen molar-refractivity contribution in [2.24, 2.45) is 5.92 Å². The number of hydrogen-bond donors (Lipinski definition) is 2. The van der Waals surface area contributed by atoms with Crippen molar-refractivity contribution in [3.63, 3.8) is 0 Å². The van der Waals surface area contributed by atoms with E-state index in [1.807, 2.05) is 19.9 Å². The maximum absolute atomic E-state index is 10.2. The third-order valence-electron chi connectivity index (χ3n) is 2.77. The Morgan fingerprint density at radius 1 is 0.947 bits per heavy atom. The summed E-state index contributed by atoms with van der Waals surface area (Å²) in [6, 6.07) is 12.2. The zero-order valence-electron chi connectivity index (χ0n) is 11.1. The lowest BCUT2D eigenvalue weighted by Crippen LogP contribution is -2.04. The third-order valence-corrected chi connectivity index (χ3v) is 2.77. The molecule has 0 radical (unpaired) electrons. The molecule has 19 heavy (non-hydrogen) atoms. The monoisotopic (exact) mass is 258 g/mol. The van der Waals surface area contributed by atoms with Crippen LogP contribution in [0.2, 0.25) is 0 Å². The van der Waals surface area contributed by atoms with Gasteiger partial charge in [-0.05, 0) is 18.1 Å². The van der Waals surface area contributed by atoms with E-state index in [0.29, 0.717) is 29.4 Å². The van der Waals surface area contributed by atoms with Crippen molar-refractivity contribution < 1.29 is 14.9 Å². The molecule has 3 nitrogen and oxygen atoms in total. The van der Waals surface area contributed by atoms with Crippen molar-refractivity contribution in [3.05, 3.63) is 42.5 Å². The Morgan fingerprint density at radius 3 is 2.32 bits per heavy atom. The molecule has 2 aromatic carbocycles. The molecule has 0 aliphatic heterocycles. The average molecular weight is 258 g/mol. The van der Waals surface area contributed by atoms with Crippen LogP contribution in [0.1, 0.15) is 13.8 Å². The largest absolute Gasteiger partial charge is 0.507 e. The molecule has 0 aliphatic carbocycles. The van der Waals surface area contributed by atoms with E-state index in [0.717, 1.165) is 0 Å². The Kier molecular flexibility index (Phi) is 3.95. The Morgan fingerprint density at radius 2 is 1.63 bits per heavy atom. The van der Waals surface area contributed by atoms with E-state index in [2.05, 4.69) is 0 Å². The van der Waals surface area contributed by atoms with E-state index in [1.54, 1.807) is 36.4 Å². The van der Waals surface area contributed by atoms with Gasteiger partial charge in [0.15, 0.2) is 11.5 Å². The standard InChI is InChI=1S/C16H18O3/c1-11(2)10-19-15-9-5-7-13(16(15)18)12-6-3-4-8-14(12)17/h3-9,11,17-18H,10H2,1-2H3. The molecule has 0 saturated carbocycles. The Hall–Kier alpha value is -2.16. The van der Waals surface area contributed by atoms with Crippen molar-refractivity contribution in [1.29, 1.82) is 0 Å². The smallest absolute Gasteiger partial charge is 0.165 e. The summed E-state index contributed by atoms with van der Waals surface area (Å²) < 4.78 is 5.57. The van der Waals surface area contributed by atoms with Gasteiger partial charge in [-0.2, -0.15) is 0 Å². The van der Waals surface area contributed by atoms with Crippen molar-refractivity contribution in [2.75, 3.05) is 6.61 Å². The lowest BCUT2D eigenvalue weighted by atomic mass is 10.0. The van der Waals surface area contributed by atoms with Crippen LogP contribution in [0.15, 0.2) is 42.5 Å². The Balaban J connectivity index is 2.37. The van der Waals surface area contributed by atoms with Gasteiger partial charge in [0.05, 0.1) is 6.61 Å². The van der Waals surface area contributed by atoms with Crippen LogP contribution in [0, 0.1) is 5.92 Å². The fraction of sp³-hybridized carbons (Fsp3) is 0.250. The molecule has 0 saturated heterocycles. The summed E-state index contributed by atoms with van der Waals surface area (Å²) in [4.78, 5) is 0. The normalized spacial score (nSPS) is 10.7. The van der Waals surface area contributed by atoms with Gasteiger partial charge >= 0.3 is 0 Å². The van der Waals surface area contributed by atoms with Crippen molar-refractivity contribution in [2.45, 2.75) is 13.8 Å². The van der Waals surface area contributed by atoms with Gasteiger partial charge in [0, 0.05) is 11.1 Å². The predicted octanol–water partition coefficient (Wildman–Crippen LogP) is 3.80. The average Bonchev–Trinajstić information content (AvgIpc) is 2.38. The minimum absolute atomic E-state index is 0.0599. The van der Waals surface area contributed by atoms with Crippen LogP contribution in [0.3, 0.4) is 0 Å². The number of phenols is 2. The summed E-state index contributed by atoms with van der Waals surface area (Å²) in [6.45, 7) is 4.63. The molecule has 2 N–H and O–H groups in total. The fourth-order valence-electron chi connectivity index (χ4n) is 1.81. The predicted molar refractivity (Wildman–Crippen MR) is 75.5 cm³/mol. The summed E-state index contributed by atoms with van der Waals surface area (Å²) >= 11 is 0. The van der Waals surface area contributed by atoms with Crippen LogP contribution in [-0.4, -0.2) is 16.8 Å². The Bertz CT molecular complexity index is 562. The highest BCUT2D eigenvalue weighted by Crippen LogP contribution is 2.40. The Labute approximate surface area is 113 Å². The van der Waals surface area contributed by atoms with Gasteiger partial charge < -0.3 is 14.9 Å². The highest BCUT2D eigenvalue weighted by Gasteiger charge is 2.12. The summed E-state index contributed by atoms with van der Waals surface area (Å²) in [6.07, 6.45) is 0. The molecule has 0 aromatic heterocycles. The first-order valence-corrected chi connectivity index (χ1v) is 6.32. The quantitative estimate of drug-likeness (QED) is 0.877. The van der Waals surface area contributed by atoms with Gasteiger partial charge in [0.2, 0.25) is 0 Å². The molecule has 0 atom stereocenters. The van der Waals surface area contributed by atoms with E-state index in [9.17, 15) is 10.2 Å². The van der Waals surface area contributed by atoms with E-state index >= 15 is 0 Å². The first kappa shape index (κ1) is 13.3. The summed E-state index contributed by atoms with van der Waals surface area (Å²) in [5.74, 6) is 1.02. The number of hydrogen-bond acceptors (Lipinski definition) is 3. The summed E-state index contributed by atoms with van der Waals surface area (Å²) in [7, 11) is 0. The van der Waals surface area contributed by atoms with E-state index in [4.69, 9.17) is 4.74 Å². The van der Waals surface area contributed by atoms with Crippen LogP contribution in [0.25, 0.3) is 11.1 Å². The molecule has 0 unspecified atom stereocenters. The molecule has 0 heterocycles. The summed E-state index contributed by atoms with van der Waals surface area (Å²) in [5, 5.41) is 20.1. The zero-order valence-corrected chi connectivity index (χ0v) is 11.1. The van der Waals surface area contributed by atoms with Crippen LogP contribution in [0.5, 0.6) is 17.2 Å². The minimum Gasteiger partial charge on any atom is -0.507 e. The molecule has 0 bridgehead atoms. The lowest BCUT2D eigenvalue weighted by Gasteiger charge is -2.13. The first-order chi connectivity index (χ1) is 9.09. The van der Waals surface area contributed by atoms with Crippen molar-refractivity contribution in [1.82, 2.24) is 0 Å². The molecule has 2 aromatic rings. The topological polar surface area (TPSA) is 49.7 Å².